The lowest BCUT2D eigenvalue weighted by molar-refractivity contribution is 0.0522. The van der Waals surface area contributed by atoms with E-state index in [1.165, 1.54) is 0 Å². The van der Waals surface area contributed by atoms with Gasteiger partial charge in [0.2, 0.25) is 0 Å². The average molecular weight is 259 g/mol. The molecule has 0 aromatic heterocycles. The first-order valence-electron chi connectivity index (χ1n) is 6.79. The summed E-state index contributed by atoms with van der Waals surface area (Å²) in [6.45, 7) is 9.86. The van der Waals surface area contributed by atoms with Gasteiger partial charge < -0.3 is 21.1 Å². The van der Waals surface area contributed by atoms with Crippen molar-refractivity contribution in [3.63, 3.8) is 0 Å². The van der Waals surface area contributed by atoms with Crippen LogP contribution in [0.15, 0.2) is 0 Å². The molecule has 0 bridgehead atoms. The van der Waals surface area contributed by atoms with Crippen molar-refractivity contribution in [2.24, 2.45) is 5.73 Å². The van der Waals surface area contributed by atoms with Crippen molar-refractivity contribution in [1.29, 1.82) is 0 Å². The zero-order chi connectivity index (χ0) is 14.0. The number of hydrogen-bond donors (Lipinski definition) is 3. The van der Waals surface area contributed by atoms with Gasteiger partial charge in [-0.1, -0.05) is 13.3 Å². The van der Waals surface area contributed by atoms with Crippen molar-refractivity contribution in [3.05, 3.63) is 0 Å². The molecule has 0 rings (SSSR count). The summed E-state index contributed by atoms with van der Waals surface area (Å²) in [4.78, 5) is 11.5. The topological polar surface area (TPSA) is 76.4 Å². The molecule has 5 nitrogen and oxygen atoms in total. The van der Waals surface area contributed by atoms with E-state index in [1.54, 1.807) is 0 Å². The van der Waals surface area contributed by atoms with Crippen LogP contribution in [0, 0.1) is 0 Å². The van der Waals surface area contributed by atoms with E-state index in [2.05, 4.69) is 17.6 Å². The van der Waals surface area contributed by atoms with Crippen LogP contribution in [-0.2, 0) is 4.74 Å². The standard InChI is InChI=1S/C13H29N3O2/c1-5-7-11(15-9-6-8-14)10-16-12(17)18-13(2,3)4/h11,15H,5-10,14H2,1-4H3,(H,16,17). The summed E-state index contributed by atoms with van der Waals surface area (Å²) in [7, 11) is 0. The number of alkyl carbamates (subject to hydrolysis) is 1. The minimum absolute atomic E-state index is 0.286. The second kappa shape index (κ2) is 9.16. The van der Waals surface area contributed by atoms with Gasteiger partial charge in [-0.15, -0.1) is 0 Å². The molecule has 18 heavy (non-hydrogen) atoms. The minimum atomic E-state index is -0.447. The molecular weight excluding hydrogens is 230 g/mol. The highest BCUT2D eigenvalue weighted by molar-refractivity contribution is 5.67. The van der Waals surface area contributed by atoms with Gasteiger partial charge in [0.15, 0.2) is 0 Å². The maximum absolute atomic E-state index is 11.5. The molecular formula is C13H29N3O2. The third kappa shape index (κ3) is 10.4. The Hall–Kier alpha value is -0.810. The largest absolute Gasteiger partial charge is 0.444 e. The molecule has 1 unspecified atom stereocenters. The molecule has 0 aliphatic carbocycles. The third-order valence-corrected chi connectivity index (χ3v) is 2.34. The van der Waals surface area contributed by atoms with E-state index in [0.29, 0.717) is 13.1 Å². The molecule has 1 atom stereocenters. The van der Waals surface area contributed by atoms with Crippen LogP contribution in [0.3, 0.4) is 0 Å². The number of rotatable bonds is 8. The van der Waals surface area contributed by atoms with E-state index in [-0.39, 0.29) is 12.1 Å². The number of carbonyl (C=O) groups excluding carboxylic acids is 1. The smallest absolute Gasteiger partial charge is 0.407 e. The van der Waals surface area contributed by atoms with E-state index >= 15 is 0 Å². The fraction of sp³-hybridized carbons (Fsp3) is 0.923. The molecule has 108 valence electrons. The van der Waals surface area contributed by atoms with Crippen LogP contribution in [0.4, 0.5) is 4.79 Å². The second-order valence-electron chi connectivity index (χ2n) is 5.46. The van der Waals surface area contributed by atoms with Crippen LogP contribution in [0.1, 0.15) is 47.0 Å². The molecule has 0 aliphatic rings. The van der Waals surface area contributed by atoms with Crippen LogP contribution in [0.2, 0.25) is 0 Å². The summed E-state index contributed by atoms with van der Waals surface area (Å²) in [5, 5.41) is 6.19. The summed E-state index contributed by atoms with van der Waals surface area (Å²) in [5.74, 6) is 0. The molecule has 0 saturated carbocycles. The normalized spacial score (nSPS) is 13.2. The average Bonchev–Trinajstić information content (AvgIpc) is 2.24. The molecule has 0 aromatic rings. The fourth-order valence-corrected chi connectivity index (χ4v) is 1.55. The van der Waals surface area contributed by atoms with Gasteiger partial charge in [-0.25, -0.2) is 4.79 Å². The number of ether oxygens (including phenoxy) is 1. The second-order valence-corrected chi connectivity index (χ2v) is 5.46. The van der Waals surface area contributed by atoms with E-state index < -0.39 is 5.60 Å². The molecule has 0 spiro atoms. The van der Waals surface area contributed by atoms with Gasteiger partial charge >= 0.3 is 6.09 Å². The zero-order valence-corrected chi connectivity index (χ0v) is 12.2. The summed E-state index contributed by atoms with van der Waals surface area (Å²) in [6, 6.07) is 0.286. The third-order valence-electron chi connectivity index (χ3n) is 2.34. The number of amides is 1. The van der Waals surface area contributed by atoms with Crippen molar-refractivity contribution >= 4 is 6.09 Å². The van der Waals surface area contributed by atoms with Gasteiger partial charge in [-0.05, 0) is 46.7 Å². The number of nitrogens with one attached hydrogen (secondary N) is 2. The Labute approximate surface area is 111 Å². The number of nitrogens with two attached hydrogens (primary N) is 1. The Balaban J connectivity index is 3.90. The highest BCUT2D eigenvalue weighted by atomic mass is 16.6. The Bertz CT molecular complexity index is 227. The Morgan fingerprint density at radius 2 is 2.06 bits per heavy atom. The Morgan fingerprint density at radius 1 is 1.39 bits per heavy atom. The van der Waals surface area contributed by atoms with Crippen LogP contribution in [-0.4, -0.2) is 37.4 Å². The molecule has 0 aliphatic heterocycles. The van der Waals surface area contributed by atoms with Gasteiger partial charge in [-0.2, -0.15) is 0 Å². The minimum Gasteiger partial charge on any atom is -0.444 e. The Kier molecular flexibility index (Phi) is 8.75. The quantitative estimate of drug-likeness (QED) is 0.579. The van der Waals surface area contributed by atoms with E-state index in [4.69, 9.17) is 10.5 Å². The lowest BCUT2D eigenvalue weighted by Crippen LogP contribution is -2.43. The van der Waals surface area contributed by atoms with Crippen LogP contribution < -0.4 is 16.4 Å². The number of hydrogen-bond acceptors (Lipinski definition) is 4. The molecule has 4 N–H and O–H groups in total. The highest BCUT2D eigenvalue weighted by Crippen LogP contribution is 2.06. The lowest BCUT2D eigenvalue weighted by Gasteiger charge is -2.22. The molecule has 0 fully saturated rings. The lowest BCUT2D eigenvalue weighted by atomic mass is 10.1. The fourth-order valence-electron chi connectivity index (χ4n) is 1.55. The van der Waals surface area contributed by atoms with Crippen molar-refractivity contribution in [2.45, 2.75) is 58.6 Å². The molecule has 0 radical (unpaired) electrons. The van der Waals surface area contributed by atoms with Gasteiger partial charge in [0, 0.05) is 12.6 Å². The van der Waals surface area contributed by atoms with Crippen LogP contribution >= 0.6 is 0 Å². The van der Waals surface area contributed by atoms with E-state index in [1.807, 2.05) is 20.8 Å². The van der Waals surface area contributed by atoms with E-state index in [9.17, 15) is 4.79 Å². The summed E-state index contributed by atoms with van der Waals surface area (Å²) in [6.07, 6.45) is 2.70. The van der Waals surface area contributed by atoms with Crippen molar-refractivity contribution in [3.8, 4) is 0 Å². The first-order valence-corrected chi connectivity index (χ1v) is 6.79. The van der Waals surface area contributed by atoms with Crippen molar-refractivity contribution in [2.75, 3.05) is 19.6 Å². The van der Waals surface area contributed by atoms with Gasteiger partial charge in [0.25, 0.3) is 0 Å². The van der Waals surface area contributed by atoms with E-state index in [0.717, 1.165) is 25.8 Å². The molecule has 0 aromatic carbocycles. The summed E-state index contributed by atoms with van der Waals surface area (Å²) < 4.78 is 5.19. The maximum Gasteiger partial charge on any atom is 0.407 e. The maximum atomic E-state index is 11.5. The van der Waals surface area contributed by atoms with Gasteiger partial charge in [0.05, 0.1) is 0 Å². The predicted molar refractivity (Wildman–Crippen MR) is 74.6 cm³/mol. The van der Waals surface area contributed by atoms with Crippen LogP contribution in [0.25, 0.3) is 0 Å². The molecule has 0 heterocycles. The first-order chi connectivity index (χ1) is 8.39. The zero-order valence-electron chi connectivity index (χ0n) is 12.2. The predicted octanol–water partition coefficient (Wildman–Crippen LogP) is 1.62. The number of carbonyl (C=O) groups is 1. The van der Waals surface area contributed by atoms with Crippen LogP contribution in [0.5, 0.6) is 0 Å². The summed E-state index contributed by atoms with van der Waals surface area (Å²) >= 11 is 0. The van der Waals surface area contributed by atoms with Crippen molar-refractivity contribution in [1.82, 2.24) is 10.6 Å². The highest BCUT2D eigenvalue weighted by Gasteiger charge is 2.16. The van der Waals surface area contributed by atoms with Crippen molar-refractivity contribution < 1.29 is 9.53 Å². The summed E-state index contributed by atoms with van der Waals surface area (Å²) in [5.41, 5.74) is 5.00. The molecule has 5 heteroatoms. The SMILES string of the molecule is CCCC(CNC(=O)OC(C)(C)C)NCCCN. The first kappa shape index (κ1) is 17.2. The van der Waals surface area contributed by atoms with Gasteiger partial charge in [0.1, 0.15) is 5.60 Å². The van der Waals surface area contributed by atoms with Gasteiger partial charge in [-0.3, -0.25) is 0 Å². The monoisotopic (exact) mass is 259 g/mol. The Morgan fingerprint density at radius 3 is 2.56 bits per heavy atom. The molecule has 1 amide bonds. The molecule has 0 saturated heterocycles.